The van der Waals surface area contributed by atoms with Crippen molar-refractivity contribution in [3.05, 3.63) is 66.6 Å². The molecule has 0 amide bonds. The van der Waals surface area contributed by atoms with Crippen molar-refractivity contribution in [3.8, 4) is 11.1 Å². The Morgan fingerprint density at radius 2 is 1.74 bits per heavy atom. The molecule has 2 fully saturated rings. The van der Waals surface area contributed by atoms with Gasteiger partial charge < -0.3 is 15.4 Å². The highest BCUT2D eigenvalue weighted by Crippen LogP contribution is 2.34. The van der Waals surface area contributed by atoms with Gasteiger partial charge in [-0.1, -0.05) is 43.2 Å². The molecule has 0 radical (unpaired) electrons. The largest absolute Gasteiger partial charge is 0.365 e. The molecule has 1 saturated heterocycles. The molecule has 8 heteroatoms. The Balaban J connectivity index is 1.31. The van der Waals surface area contributed by atoms with Gasteiger partial charge in [0.1, 0.15) is 12.1 Å². The number of benzene rings is 2. The fraction of sp³-hybridized carbons (Fsp3) is 0.355. The Labute approximate surface area is 227 Å². The van der Waals surface area contributed by atoms with E-state index in [9.17, 15) is 0 Å². The molecule has 2 N–H and O–H groups in total. The summed E-state index contributed by atoms with van der Waals surface area (Å²) in [5.74, 6) is 2.24. The number of hydrogen-bond acceptors (Lipinski definition) is 7. The van der Waals surface area contributed by atoms with E-state index in [1.165, 1.54) is 12.8 Å². The first-order chi connectivity index (χ1) is 19.2. The molecule has 3 aromatic heterocycles. The maximum atomic E-state index is 6.16. The van der Waals surface area contributed by atoms with Crippen LogP contribution >= 0.6 is 0 Å². The van der Waals surface area contributed by atoms with Crippen molar-refractivity contribution in [3.63, 3.8) is 0 Å². The monoisotopic (exact) mass is 519 g/mol. The first kappa shape index (κ1) is 24.0. The van der Waals surface area contributed by atoms with Crippen LogP contribution in [0.25, 0.3) is 33.2 Å². The van der Waals surface area contributed by atoms with Crippen LogP contribution in [0, 0.1) is 6.92 Å². The number of imidazole rings is 1. The summed E-state index contributed by atoms with van der Waals surface area (Å²) in [7, 11) is 0. The van der Waals surface area contributed by atoms with Crippen LogP contribution in [0.2, 0.25) is 0 Å². The van der Waals surface area contributed by atoms with Gasteiger partial charge in [-0.3, -0.25) is 9.55 Å². The zero-order valence-electron chi connectivity index (χ0n) is 22.2. The van der Waals surface area contributed by atoms with Gasteiger partial charge in [0, 0.05) is 29.9 Å². The third kappa shape index (κ3) is 4.69. The van der Waals surface area contributed by atoms with Crippen LogP contribution in [0.1, 0.15) is 57.0 Å². The molecular weight excluding hydrogens is 486 g/mol. The van der Waals surface area contributed by atoms with Crippen molar-refractivity contribution in [1.29, 1.82) is 0 Å². The molecule has 2 aliphatic rings. The summed E-state index contributed by atoms with van der Waals surface area (Å²) in [6.07, 6.45) is 9.81. The minimum Gasteiger partial charge on any atom is -0.365 e. The van der Waals surface area contributed by atoms with E-state index in [4.69, 9.17) is 19.7 Å². The molecule has 2 aromatic carbocycles. The van der Waals surface area contributed by atoms with Crippen molar-refractivity contribution in [1.82, 2.24) is 24.5 Å². The zero-order chi connectivity index (χ0) is 26.2. The first-order valence-corrected chi connectivity index (χ1v) is 14.1. The van der Waals surface area contributed by atoms with Crippen LogP contribution in [0.15, 0.2) is 60.8 Å². The lowest BCUT2D eigenvalue weighted by Gasteiger charge is -2.25. The molecule has 39 heavy (non-hydrogen) atoms. The fourth-order valence-electron chi connectivity index (χ4n) is 6.00. The number of aryl methyl sites for hydroxylation is 1. The summed E-state index contributed by atoms with van der Waals surface area (Å²) in [4.78, 5) is 19.5. The molecule has 1 atom stereocenters. The number of nitrogens with zero attached hydrogens (tertiary/aromatic N) is 5. The van der Waals surface area contributed by atoms with Gasteiger partial charge in [0.2, 0.25) is 5.95 Å². The quantitative estimate of drug-likeness (QED) is 0.246. The molecular formula is C31H33N7O. The number of nitrogens with one attached hydrogen (secondary N) is 2. The number of hydrogen-bond donors (Lipinski definition) is 2. The summed E-state index contributed by atoms with van der Waals surface area (Å²) in [6, 6.07) is 19.1. The van der Waals surface area contributed by atoms with Crippen molar-refractivity contribution >= 4 is 39.5 Å². The Hall–Kier alpha value is -4.04. The normalized spacial score (nSPS) is 18.1. The van der Waals surface area contributed by atoms with E-state index in [-0.39, 0.29) is 6.23 Å². The van der Waals surface area contributed by atoms with Crippen LogP contribution < -0.4 is 10.6 Å². The van der Waals surface area contributed by atoms with E-state index in [0.717, 1.165) is 89.2 Å². The highest BCUT2D eigenvalue weighted by molar-refractivity contribution is 5.96. The number of ether oxygens (including phenoxy) is 1. The molecule has 8 nitrogen and oxygen atoms in total. The maximum Gasteiger partial charge on any atom is 0.231 e. The number of rotatable bonds is 6. The molecule has 5 aromatic rings. The molecule has 198 valence electrons. The van der Waals surface area contributed by atoms with Gasteiger partial charge >= 0.3 is 0 Å². The number of anilines is 3. The number of fused-ring (bicyclic) bond motifs is 2. The topological polar surface area (TPSA) is 89.8 Å². The average Bonchev–Trinajstić information content (AvgIpc) is 3.61. The summed E-state index contributed by atoms with van der Waals surface area (Å²) in [5, 5.41) is 8.27. The Kier molecular flexibility index (Phi) is 6.32. The first-order valence-electron chi connectivity index (χ1n) is 14.1. The Bertz CT molecular complexity index is 1620. The molecule has 0 bridgehead atoms. The SMILES string of the molecule is Cc1nc2c(NC3CCCC3)nc(Nc3ccc4nccc(-c5ccccc5)c4c3)nc2n1C1CCCCO1. The van der Waals surface area contributed by atoms with Crippen LogP contribution in [-0.4, -0.2) is 37.2 Å². The third-order valence-corrected chi connectivity index (χ3v) is 7.94. The van der Waals surface area contributed by atoms with Crippen LogP contribution in [0.4, 0.5) is 17.5 Å². The second kappa shape index (κ2) is 10.3. The van der Waals surface area contributed by atoms with E-state index < -0.39 is 0 Å². The van der Waals surface area contributed by atoms with E-state index in [0.29, 0.717) is 12.0 Å². The van der Waals surface area contributed by atoms with E-state index >= 15 is 0 Å². The minimum atomic E-state index is -0.0500. The van der Waals surface area contributed by atoms with Crippen LogP contribution in [-0.2, 0) is 4.74 Å². The molecule has 1 aliphatic carbocycles. The number of aromatic nitrogens is 5. The fourth-order valence-corrected chi connectivity index (χ4v) is 6.00. The van der Waals surface area contributed by atoms with Crippen molar-refractivity contribution < 1.29 is 4.74 Å². The maximum absolute atomic E-state index is 6.16. The van der Waals surface area contributed by atoms with Gasteiger partial charge in [-0.2, -0.15) is 9.97 Å². The van der Waals surface area contributed by atoms with E-state index in [2.05, 4.69) is 56.6 Å². The average molecular weight is 520 g/mol. The highest BCUT2D eigenvalue weighted by atomic mass is 16.5. The van der Waals surface area contributed by atoms with Gasteiger partial charge in [-0.05, 0) is 74.4 Å². The van der Waals surface area contributed by atoms with Crippen LogP contribution in [0.5, 0.6) is 0 Å². The lowest BCUT2D eigenvalue weighted by Crippen LogP contribution is -2.20. The van der Waals surface area contributed by atoms with E-state index in [1.807, 2.05) is 31.3 Å². The minimum absolute atomic E-state index is 0.0500. The second-order valence-corrected chi connectivity index (χ2v) is 10.6. The molecule has 7 rings (SSSR count). The molecule has 1 aliphatic heterocycles. The molecule has 1 saturated carbocycles. The number of pyridine rings is 1. The van der Waals surface area contributed by atoms with Gasteiger partial charge in [-0.15, -0.1) is 0 Å². The van der Waals surface area contributed by atoms with Crippen molar-refractivity contribution in [2.45, 2.75) is 64.1 Å². The smallest absolute Gasteiger partial charge is 0.231 e. The predicted molar refractivity (Wildman–Crippen MR) is 155 cm³/mol. The Morgan fingerprint density at radius 3 is 2.56 bits per heavy atom. The van der Waals surface area contributed by atoms with E-state index in [1.54, 1.807) is 0 Å². The lowest BCUT2D eigenvalue weighted by atomic mass is 10.0. The van der Waals surface area contributed by atoms with Gasteiger partial charge in [0.25, 0.3) is 0 Å². The molecule has 1 unspecified atom stereocenters. The highest BCUT2D eigenvalue weighted by Gasteiger charge is 2.25. The van der Waals surface area contributed by atoms with Gasteiger partial charge in [-0.25, -0.2) is 4.98 Å². The standard InChI is InChI=1S/C31H33N7O/c1-20-33-28-29(34-22-11-5-6-12-22)36-31(37-30(28)38(20)27-13-7-8-18-39-27)35-23-14-15-26-25(19-23)24(16-17-32-26)21-9-3-2-4-10-21/h2-4,9-10,14-17,19,22,27H,5-8,11-13,18H2,1H3,(H2,34,35,36,37). The summed E-state index contributed by atoms with van der Waals surface area (Å²) in [5.41, 5.74) is 5.79. The third-order valence-electron chi connectivity index (χ3n) is 7.94. The summed E-state index contributed by atoms with van der Waals surface area (Å²) >= 11 is 0. The molecule has 0 spiro atoms. The summed E-state index contributed by atoms with van der Waals surface area (Å²) < 4.78 is 8.31. The van der Waals surface area contributed by atoms with Crippen molar-refractivity contribution in [2.75, 3.05) is 17.2 Å². The van der Waals surface area contributed by atoms with Crippen LogP contribution in [0.3, 0.4) is 0 Å². The predicted octanol–water partition coefficient (Wildman–Crippen LogP) is 7.15. The molecule has 4 heterocycles. The van der Waals surface area contributed by atoms with Crippen molar-refractivity contribution in [2.24, 2.45) is 0 Å². The second-order valence-electron chi connectivity index (χ2n) is 10.6. The lowest BCUT2D eigenvalue weighted by molar-refractivity contribution is -0.0308. The Morgan fingerprint density at radius 1 is 0.897 bits per heavy atom. The van der Waals surface area contributed by atoms with Gasteiger partial charge in [0.05, 0.1) is 5.52 Å². The van der Waals surface area contributed by atoms with Gasteiger partial charge in [0.15, 0.2) is 17.0 Å². The zero-order valence-corrected chi connectivity index (χ0v) is 22.2. The summed E-state index contributed by atoms with van der Waals surface area (Å²) in [6.45, 7) is 2.80.